The van der Waals surface area contributed by atoms with Crippen LogP contribution in [0.25, 0.3) is 0 Å². The lowest BCUT2D eigenvalue weighted by molar-refractivity contribution is 0.266. The molecule has 1 nitrogen and oxygen atoms in total. The van der Waals surface area contributed by atoms with Crippen molar-refractivity contribution in [2.24, 2.45) is 0 Å². The predicted molar refractivity (Wildman–Crippen MR) is 40.5 cm³/mol. The fraction of sp³-hybridized carbons (Fsp3) is 0.333. The monoisotopic (exact) mass is 152 g/mol. The fourth-order valence-corrected chi connectivity index (χ4v) is 1.30. The van der Waals surface area contributed by atoms with E-state index in [-0.39, 0.29) is 5.83 Å². The highest BCUT2D eigenvalue weighted by Gasteiger charge is 2.15. The van der Waals surface area contributed by atoms with E-state index in [1.54, 1.807) is 6.08 Å². The van der Waals surface area contributed by atoms with Crippen molar-refractivity contribution in [3.8, 4) is 0 Å². The highest BCUT2D eigenvalue weighted by atomic mass is 19.1. The number of hydrogen-bond acceptors (Lipinski definition) is 1. The molecule has 2 heteroatoms. The van der Waals surface area contributed by atoms with E-state index in [9.17, 15) is 4.39 Å². The van der Waals surface area contributed by atoms with Crippen molar-refractivity contribution in [2.75, 3.05) is 6.61 Å². The van der Waals surface area contributed by atoms with E-state index in [0.717, 1.165) is 24.4 Å². The van der Waals surface area contributed by atoms with Gasteiger partial charge in [-0.25, -0.2) is 4.39 Å². The highest BCUT2D eigenvalue weighted by Crippen LogP contribution is 2.27. The quantitative estimate of drug-likeness (QED) is 0.518. The lowest BCUT2D eigenvalue weighted by Gasteiger charge is -1.94. The van der Waals surface area contributed by atoms with Crippen molar-refractivity contribution in [1.29, 1.82) is 0 Å². The van der Waals surface area contributed by atoms with Gasteiger partial charge in [0.2, 0.25) is 0 Å². The molecule has 1 aliphatic carbocycles. The van der Waals surface area contributed by atoms with Gasteiger partial charge in [0.15, 0.2) is 0 Å². The van der Waals surface area contributed by atoms with Gasteiger partial charge in [0.1, 0.15) is 11.6 Å². The Balaban J connectivity index is 2.33. The molecule has 11 heavy (non-hydrogen) atoms. The molecular formula is C9H9FO. The maximum atomic E-state index is 12.7. The minimum Gasteiger partial charge on any atom is -0.493 e. The molecule has 0 radical (unpaired) electrons. The van der Waals surface area contributed by atoms with Gasteiger partial charge in [-0.15, -0.1) is 0 Å². The minimum absolute atomic E-state index is 0.0944. The molecule has 0 unspecified atom stereocenters. The molecule has 0 aromatic carbocycles. The van der Waals surface area contributed by atoms with Gasteiger partial charge >= 0.3 is 0 Å². The molecule has 0 saturated carbocycles. The minimum atomic E-state index is -0.0944. The number of fused-ring (bicyclic) bond motifs is 1. The Bertz CT molecular complexity index is 261. The van der Waals surface area contributed by atoms with Gasteiger partial charge in [-0.3, -0.25) is 0 Å². The van der Waals surface area contributed by atoms with Crippen molar-refractivity contribution in [2.45, 2.75) is 12.8 Å². The largest absolute Gasteiger partial charge is 0.493 e. The van der Waals surface area contributed by atoms with Crippen LogP contribution in [0.1, 0.15) is 12.8 Å². The second-order valence-electron chi connectivity index (χ2n) is 2.68. The van der Waals surface area contributed by atoms with Gasteiger partial charge in [-0.1, -0.05) is 6.08 Å². The van der Waals surface area contributed by atoms with E-state index in [1.165, 1.54) is 6.08 Å². The first kappa shape index (κ1) is 6.65. The Morgan fingerprint density at radius 1 is 1.36 bits per heavy atom. The first-order chi connectivity index (χ1) is 5.36. The first-order valence-electron chi connectivity index (χ1n) is 3.75. The van der Waals surface area contributed by atoms with Gasteiger partial charge in [0.25, 0.3) is 0 Å². The van der Waals surface area contributed by atoms with Crippen LogP contribution in [-0.2, 0) is 4.74 Å². The van der Waals surface area contributed by atoms with E-state index < -0.39 is 0 Å². The molecule has 1 saturated heterocycles. The zero-order valence-electron chi connectivity index (χ0n) is 6.14. The second-order valence-corrected chi connectivity index (χ2v) is 2.68. The van der Waals surface area contributed by atoms with E-state index in [1.807, 2.05) is 6.08 Å². The molecule has 0 aromatic heterocycles. The normalized spacial score (nSPS) is 22.5. The lowest BCUT2D eigenvalue weighted by Crippen LogP contribution is -1.77. The summed E-state index contributed by atoms with van der Waals surface area (Å²) in [6.07, 6.45) is 6.43. The maximum absolute atomic E-state index is 12.7. The molecule has 58 valence electrons. The Morgan fingerprint density at radius 3 is 3.18 bits per heavy atom. The summed E-state index contributed by atoms with van der Waals surface area (Å²) in [6.45, 7) is 0.743. The van der Waals surface area contributed by atoms with Crippen LogP contribution < -0.4 is 0 Å². The summed E-state index contributed by atoms with van der Waals surface area (Å²) in [5, 5.41) is 0. The Morgan fingerprint density at radius 2 is 2.27 bits per heavy atom. The van der Waals surface area contributed by atoms with Crippen molar-refractivity contribution < 1.29 is 9.13 Å². The van der Waals surface area contributed by atoms with Gasteiger partial charge < -0.3 is 4.74 Å². The summed E-state index contributed by atoms with van der Waals surface area (Å²) in [5.41, 5.74) is 1.15. The van der Waals surface area contributed by atoms with Crippen molar-refractivity contribution in [3.05, 3.63) is 35.4 Å². The molecule has 1 heterocycles. The summed E-state index contributed by atoms with van der Waals surface area (Å²) in [7, 11) is 0. The highest BCUT2D eigenvalue weighted by molar-refractivity contribution is 5.35. The molecule has 2 rings (SSSR count). The SMILES string of the molecule is FC1=CC=C2OCCC2=CC1. The smallest absolute Gasteiger partial charge is 0.122 e. The molecule has 0 bridgehead atoms. The van der Waals surface area contributed by atoms with Crippen LogP contribution in [0.3, 0.4) is 0 Å². The van der Waals surface area contributed by atoms with E-state index in [0.29, 0.717) is 6.42 Å². The van der Waals surface area contributed by atoms with Crippen LogP contribution in [0.5, 0.6) is 0 Å². The number of rotatable bonds is 0. The second kappa shape index (κ2) is 2.53. The topological polar surface area (TPSA) is 9.23 Å². The van der Waals surface area contributed by atoms with Crippen molar-refractivity contribution in [1.82, 2.24) is 0 Å². The number of ether oxygens (including phenoxy) is 1. The Kier molecular flexibility index (Phi) is 1.53. The average Bonchev–Trinajstić information content (AvgIpc) is 2.38. The summed E-state index contributed by atoms with van der Waals surface area (Å²) in [4.78, 5) is 0. The number of hydrogen-bond donors (Lipinski definition) is 0. The lowest BCUT2D eigenvalue weighted by atomic mass is 10.2. The summed E-state index contributed by atoms with van der Waals surface area (Å²) in [5.74, 6) is 0.751. The van der Waals surface area contributed by atoms with Gasteiger partial charge in [0.05, 0.1) is 6.61 Å². The number of halogens is 1. The van der Waals surface area contributed by atoms with Crippen LogP contribution in [0.15, 0.2) is 35.4 Å². The van der Waals surface area contributed by atoms with Crippen LogP contribution in [-0.4, -0.2) is 6.61 Å². The van der Waals surface area contributed by atoms with Crippen LogP contribution in [0, 0.1) is 0 Å². The predicted octanol–water partition coefficient (Wildman–Crippen LogP) is 2.47. The van der Waals surface area contributed by atoms with E-state index in [2.05, 4.69) is 0 Å². The third kappa shape index (κ3) is 1.20. The first-order valence-corrected chi connectivity index (χ1v) is 3.75. The zero-order chi connectivity index (χ0) is 7.68. The average molecular weight is 152 g/mol. The molecule has 0 aromatic rings. The standard InChI is InChI=1S/C9H9FO/c10-8-2-1-7-5-6-11-9(7)4-3-8/h1,3-4H,2,5-6H2. The third-order valence-corrected chi connectivity index (χ3v) is 1.90. The molecule has 1 aliphatic heterocycles. The number of allylic oxidation sites excluding steroid dienone is 5. The summed E-state index contributed by atoms with van der Waals surface area (Å²) >= 11 is 0. The maximum Gasteiger partial charge on any atom is 0.122 e. The zero-order valence-corrected chi connectivity index (χ0v) is 6.14. The molecule has 0 N–H and O–H groups in total. The van der Waals surface area contributed by atoms with Crippen LogP contribution in [0.2, 0.25) is 0 Å². The Hall–Kier alpha value is -1.05. The van der Waals surface area contributed by atoms with Gasteiger partial charge in [-0.05, 0) is 17.7 Å². The van der Waals surface area contributed by atoms with E-state index >= 15 is 0 Å². The van der Waals surface area contributed by atoms with Crippen molar-refractivity contribution in [3.63, 3.8) is 0 Å². The molecular weight excluding hydrogens is 143 g/mol. The third-order valence-electron chi connectivity index (χ3n) is 1.90. The Labute approximate surface area is 64.9 Å². The molecule has 0 spiro atoms. The van der Waals surface area contributed by atoms with Crippen molar-refractivity contribution >= 4 is 0 Å². The molecule has 2 aliphatic rings. The van der Waals surface area contributed by atoms with Gasteiger partial charge in [0, 0.05) is 12.8 Å². The van der Waals surface area contributed by atoms with Gasteiger partial charge in [-0.2, -0.15) is 0 Å². The summed E-state index contributed by atoms with van der Waals surface area (Å²) < 4.78 is 17.9. The molecule has 0 amide bonds. The van der Waals surface area contributed by atoms with E-state index in [4.69, 9.17) is 4.74 Å². The fourth-order valence-electron chi connectivity index (χ4n) is 1.30. The molecule has 1 fully saturated rings. The van der Waals surface area contributed by atoms with Crippen LogP contribution >= 0.6 is 0 Å². The van der Waals surface area contributed by atoms with Crippen LogP contribution in [0.4, 0.5) is 4.39 Å². The summed E-state index contributed by atoms with van der Waals surface area (Å²) in [6, 6.07) is 0. The molecule has 0 atom stereocenters.